The van der Waals surface area contributed by atoms with Crippen LogP contribution in [0.2, 0.25) is 5.02 Å². The first-order chi connectivity index (χ1) is 14.5. The van der Waals surface area contributed by atoms with Gasteiger partial charge in [-0.25, -0.2) is 14.2 Å². The number of hydrogen-bond acceptors (Lipinski definition) is 6. The number of hydrogen-bond donors (Lipinski definition) is 0. The number of thiazole rings is 1. The van der Waals surface area contributed by atoms with Crippen molar-refractivity contribution in [2.45, 2.75) is 26.1 Å². The lowest BCUT2D eigenvalue weighted by Crippen LogP contribution is -2.28. The number of methoxy groups -OCH3 is 1. The van der Waals surface area contributed by atoms with Crippen molar-refractivity contribution in [2.24, 2.45) is 0 Å². The van der Waals surface area contributed by atoms with Crippen molar-refractivity contribution in [2.75, 3.05) is 13.7 Å². The van der Waals surface area contributed by atoms with Crippen molar-refractivity contribution in [3.63, 3.8) is 0 Å². The molecule has 0 N–H and O–H groups in total. The molecule has 8 heteroatoms. The highest BCUT2D eigenvalue weighted by Gasteiger charge is 2.21. The first-order valence-electron chi connectivity index (χ1n) is 9.31. The molecule has 1 heterocycles. The van der Waals surface area contributed by atoms with Gasteiger partial charge in [-0.2, -0.15) is 0 Å². The molecule has 2 aromatic carbocycles. The minimum atomic E-state index is -0.845. The van der Waals surface area contributed by atoms with Gasteiger partial charge in [0.25, 0.3) is 0 Å². The summed E-state index contributed by atoms with van der Waals surface area (Å²) in [6.07, 6.45) is -0.758. The average Bonchev–Trinajstić information content (AvgIpc) is 3.22. The van der Waals surface area contributed by atoms with Gasteiger partial charge in [0.2, 0.25) is 0 Å². The van der Waals surface area contributed by atoms with E-state index in [1.807, 2.05) is 29.6 Å². The van der Waals surface area contributed by atoms with Crippen LogP contribution in [-0.4, -0.2) is 30.8 Å². The summed E-state index contributed by atoms with van der Waals surface area (Å²) >= 11 is 7.41. The molecule has 0 aliphatic rings. The zero-order valence-electron chi connectivity index (χ0n) is 16.6. The zero-order chi connectivity index (χ0) is 21.5. The lowest BCUT2D eigenvalue weighted by molar-refractivity contribution is -0.153. The third kappa shape index (κ3) is 5.78. The van der Waals surface area contributed by atoms with E-state index < -0.39 is 17.9 Å². The monoisotopic (exact) mass is 449 g/mol. The molecule has 0 aliphatic carbocycles. The van der Waals surface area contributed by atoms with E-state index >= 15 is 0 Å². The molecular formula is C22H21ClFNO4S. The van der Waals surface area contributed by atoms with Crippen LogP contribution in [0.1, 0.15) is 18.2 Å². The maximum absolute atomic E-state index is 14.5. The van der Waals surface area contributed by atoms with Crippen molar-refractivity contribution in [3.8, 4) is 16.3 Å². The second-order valence-electron chi connectivity index (χ2n) is 6.36. The van der Waals surface area contributed by atoms with Crippen LogP contribution >= 0.6 is 22.9 Å². The van der Waals surface area contributed by atoms with Crippen LogP contribution < -0.4 is 4.74 Å². The summed E-state index contributed by atoms with van der Waals surface area (Å²) in [5, 5.41) is 3.43. The van der Waals surface area contributed by atoms with Gasteiger partial charge in [-0.1, -0.05) is 29.8 Å². The summed E-state index contributed by atoms with van der Waals surface area (Å²) in [6.45, 7) is 2.31. The van der Waals surface area contributed by atoms with Gasteiger partial charge in [-0.15, -0.1) is 11.3 Å². The minimum Gasteiger partial charge on any atom is -0.487 e. The Morgan fingerprint density at radius 2 is 2.00 bits per heavy atom. The fraction of sp³-hybridized carbons (Fsp3) is 0.273. The number of aromatic nitrogens is 1. The third-order valence-electron chi connectivity index (χ3n) is 4.29. The number of esters is 1. The Hall–Kier alpha value is -2.48. The molecule has 1 atom stereocenters. The van der Waals surface area contributed by atoms with Gasteiger partial charge in [0.05, 0.1) is 12.8 Å². The first-order valence-corrected chi connectivity index (χ1v) is 10.6. The van der Waals surface area contributed by atoms with Gasteiger partial charge in [0, 0.05) is 35.1 Å². The lowest BCUT2D eigenvalue weighted by Gasteiger charge is -2.15. The van der Waals surface area contributed by atoms with Crippen LogP contribution in [-0.2, 0) is 27.3 Å². The first kappa shape index (κ1) is 22.2. The van der Waals surface area contributed by atoms with Crippen LogP contribution in [0.3, 0.4) is 0 Å². The summed E-state index contributed by atoms with van der Waals surface area (Å²) in [7, 11) is 1.28. The van der Waals surface area contributed by atoms with E-state index in [4.69, 9.17) is 25.8 Å². The fourth-order valence-corrected chi connectivity index (χ4v) is 3.72. The molecule has 0 aliphatic heterocycles. The number of rotatable bonds is 9. The normalized spacial score (nSPS) is 11.9. The summed E-state index contributed by atoms with van der Waals surface area (Å²) in [6, 6.07) is 12.0. The molecule has 0 radical (unpaired) electrons. The molecule has 1 aromatic heterocycles. The van der Waals surface area contributed by atoms with E-state index in [1.165, 1.54) is 24.5 Å². The predicted molar refractivity (Wildman–Crippen MR) is 114 cm³/mol. The zero-order valence-corrected chi connectivity index (χ0v) is 18.1. The maximum Gasteiger partial charge on any atom is 0.335 e. The van der Waals surface area contributed by atoms with Gasteiger partial charge in [-0.05, 0) is 30.7 Å². The second kappa shape index (κ2) is 10.5. The molecule has 3 rings (SSSR count). The van der Waals surface area contributed by atoms with E-state index in [0.29, 0.717) is 22.9 Å². The van der Waals surface area contributed by atoms with Crippen molar-refractivity contribution in [3.05, 3.63) is 69.9 Å². The van der Waals surface area contributed by atoms with Gasteiger partial charge >= 0.3 is 5.97 Å². The average molecular weight is 450 g/mol. The van der Waals surface area contributed by atoms with Crippen LogP contribution in [0.25, 0.3) is 10.6 Å². The van der Waals surface area contributed by atoms with Gasteiger partial charge in [0.15, 0.2) is 6.10 Å². The van der Waals surface area contributed by atoms with Crippen molar-refractivity contribution < 1.29 is 23.4 Å². The summed E-state index contributed by atoms with van der Waals surface area (Å²) in [5.74, 6) is -0.624. The van der Waals surface area contributed by atoms with Gasteiger partial charge in [0.1, 0.15) is 23.2 Å². The highest BCUT2D eigenvalue weighted by Crippen LogP contribution is 2.26. The molecule has 0 bridgehead atoms. The van der Waals surface area contributed by atoms with E-state index in [0.717, 1.165) is 16.3 Å². The molecule has 0 fully saturated rings. The molecule has 3 aromatic rings. The molecule has 0 saturated carbocycles. The van der Waals surface area contributed by atoms with Crippen LogP contribution in [0.15, 0.2) is 47.8 Å². The van der Waals surface area contributed by atoms with Gasteiger partial charge < -0.3 is 14.2 Å². The molecule has 0 spiro atoms. The number of carbonyl (C=O) groups is 1. The quantitative estimate of drug-likeness (QED) is 0.415. The molecule has 0 amide bonds. The van der Waals surface area contributed by atoms with Crippen molar-refractivity contribution in [1.82, 2.24) is 4.98 Å². The SMILES string of the molecule is CCOC(Cc1ccc(OCc2csc(-c3ccc(Cl)cc3)n2)cc1F)C(=O)OC. The molecule has 158 valence electrons. The highest BCUT2D eigenvalue weighted by molar-refractivity contribution is 7.13. The molecule has 5 nitrogen and oxygen atoms in total. The lowest BCUT2D eigenvalue weighted by atomic mass is 10.1. The fourth-order valence-electron chi connectivity index (χ4n) is 2.78. The number of benzene rings is 2. The molecular weight excluding hydrogens is 429 g/mol. The summed E-state index contributed by atoms with van der Waals surface area (Å²) in [5.41, 5.74) is 2.07. The standard InChI is InChI=1S/C22H21ClFNO4S/c1-3-28-20(22(26)27-2)10-15-6-9-18(11-19(15)24)29-12-17-13-30-21(25-17)14-4-7-16(23)8-5-14/h4-9,11,13,20H,3,10,12H2,1-2H3. The topological polar surface area (TPSA) is 57.7 Å². The van der Waals surface area contributed by atoms with Crippen LogP contribution in [0.4, 0.5) is 4.39 Å². The Bertz CT molecular complexity index is 993. The number of nitrogens with zero attached hydrogens (tertiary/aromatic N) is 1. The molecule has 30 heavy (non-hydrogen) atoms. The van der Waals surface area contributed by atoms with Crippen molar-refractivity contribution in [1.29, 1.82) is 0 Å². The van der Waals surface area contributed by atoms with Crippen LogP contribution in [0, 0.1) is 5.82 Å². The van der Waals surface area contributed by atoms with E-state index in [1.54, 1.807) is 19.1 Å². The van der Waals surface area contributed by atoms with Crippen molar-refractivity contribution >= 4 is 28.9 Å². The Labute approximate surface area is 183 Å². The Kier molecular flexibility index (Phi) is 7.79. The number of carbonyl (C=O) groups excluding carboxylic acids is 1. The molecule has 1 unspecified atom stereocenters. The smallest absolute Gasteiger partial charge is 0.335 e. The number of ether oxygens (including phenoxy) is 3. The Morgan fingerprint density at radius 1 is 1.23 bits per heavy atom. The minimum absolute atomic E-state index is 0.0865. The van der Waals surface area contributed by atoms with E-state index in [-0.39, 0.29) is 13.0 Å². The molecule has 0 saturated heterocycles. The van der Waals surface area contributed by atoms with E-state index in [2.05, 4.69) is 4.98 Å². The van der Waals surface area contributed by atoms with Gasteiger partial charge in [-0.3, -0.25) is 0 Å². The Balaban J connectivity index is 1.62. The maximum atomic E-state index is 14.5. The highest BCUT2D eigenvalue weighted by atomic mass is 35.5. The predicted octanol–water partition coefficient (Wildman–Crippen LogP) is 5.30. The number of halogens is 2. The Morgan fingerprint density at radius 3 is 2.67 bits per heavy atom. The summed E-state index contributed by atoms with van der Waals surface area (Å²) < 4.78 is 30.2. The third-order valence-corrected chi connectivity index (χ3v) is 5.48. The second-order valence-corrected chi connectivity index (χ2v) is 7.66. The van der Waals surface area contributed by atoms with Crippen LogP contribution in [0.5, 0.6) is 5.75 Å². The van der Waals surface area contributed by atoms with E-state index in [9.17, 15) is 9.18 Å². The summed E-state index contributed by atoms with van der Waals surface area (Å²) in [4.78, 5) is 16.3. The largest absolute Gasteiger partial charge is 0.487 e.